The quantitative estimate of drug-likeness (QED) is 0.526. The molecule has 0 saturated carbocycles. The van der Waals surface area contributed by atoms with Gasteiger partial charge in [-0.05, 0) is 37.3 Å². The summed E-state index contributed by atoms with van der Waals surface area (Å²) in [7, 11) is 0. The fraction of sp³-hybridized carbons (Fsp3) is 0.0714. The van der Waals surface area contributed by atoms with Gasteiger partial charge in [-0.25, -0.2) is 4.98 Å². The Morgan fingerprint density at radius 3 is 2.57 bits per heavy atom. The van der Waals surface area contributed by atoms with E-state index in [2.05, 4.69) is 15.2 Å². The van der Waals surface area contributed by atoms with Crippen LogP contribution in [0, 0.1) is 6.92 Å². The van der Waals surface area contributed by atoms with E-state index in [1.165, 1.54) is 0 Å². The number of benzene rings is 1. The van der Waals surface area contributed by atoms with E-state index in [0.717, 1.165) is 11.3 Å². The van der Waals surface area contributed by atoms with Crippen LogP contribution in [0.2, 0.25) is 15.1 Å². The van der Waals surface area contributed by atoms with Gasteiger partial charge in [-0.2, -0.15) is 0 Å². The molecule has 0 spiro atoms. The van der Waals surface area contributed by atoms with Crippen LogP contribution >= 0.6 is 34.8 Å². The van der Waals surface area contributed by atoms with Crippen molar-refractivity contribution in [3.8, 4) is 0 Å². The molecule has 3 aromatic rings. The maximum atomic E-state index is 6.06. The number of azo groups is 1. The van der Waals surface area contributed by atoms with E-state index in [4.69, 9.17) is 34.8 Å². The molecule has 2 aromatic heterocycles. The zero-order chi connectivity index (χ0) is 15.0. The second-order valence-electron chi connectivity index (χ2n) is 4.39. The average molecular weight is 340 g/mol. The van der Waals surface area contributed by atoms with E-state index in [-0.39, 0.29) is 0 Å². The van der Waals surface area contributed by atoms with E-state index in [9.17, 15) is 0 Å². The number of aromatic nitrogens is 2. The minimum absolute atomic E-state index is 0.479. The summed E-state index contributed by atoms with van der Waals surface area (Å²) in [6.07, 6.45) is 1.74. The van der Waals surface area contributed by atoms with Gasteiger partial charge in [0.15, 0.2) is 5.82 Å². The van der Waals surface area contributed by atoms with E-state index >= 15 is 0 Å². The SMILES string of the molecule is Cc1nc2ccc(Cl)cn2c1N=Nc1cc(Cl)ccc1Cl. The lowest BCUT2D eigenvalue weighted by atomic mass is 10.3. The Morgan fingerprint density at radius 1 is 1.00 bits per heavy atom. The standard InChI is InChI=1S/C14H9Cl3N4/c1-8-14(21-7-10(16)3-5-13(21)18-8)20-19-12-6-9(15)2-4-11(12)17/h2-7H,1H3. The van der Waals surface area contributed by atoms with Crippen molar-refractivity contribution in [3.05, 3.63) is 57.3 Å². The van der Waals surface area contributed by atoms with Gasteiger partial charge in [-0.15, -0.1) is 10.2 Å². The second kappa shape index (κ2) is 5.64. The lowest BCUT2D eigenvalue weighted by molar-refractivity contribution is 1.09. The summed E-state index contributed by atoms with van der Waals surface area (Å²) in [6.45, 7) is 1.86. The molecule has 0 bridgehead atoms. The number of halogens is 3. The minimum atomic E-state index is 0.479. The molecule has 0 aliphatic carbocycles. The Bertz CT molecular complexity index is 855. The average Bonchev–Trinajstić information content (AvgIpc) is 2.75. The molecule has 0 amide bonds. The molecule has 0 N–H and O–H groups in total. The second-order valence-corrected chi connectivity index (χ2v) is 5.67. The van der Waals surface area contributed by atoms with Gasteiger partial charge in [0, 0.05) is 11.2 Å². The number of imidazole rings is 1. The number of nitrogens with zero attached hydrogens (tertiary/aromatic N) is 4. The molecule has 2 heterocycles. The van der Waals surface area contributed by atoms with Crippen LogP contribution in [0.5, 0.6) is 0 Å². The van der Waals surface area contributed by atoms with Gasteiger partial charge in [0.05, 0.1) is 15.7 Å². The highest BCUT2D eigenvalue weighted by atomic mass is 35.5. The third kappa shape index (κ3) is 2.88. The largest absolute Gasteiger partial charge is 0.281 e. The van der Waals surface area contributed by atoms with Crippen LogP contribution in [0.1, 0.15) is 5.69 Å². The fourth-order valence-electron chi connectivity index (χ4n) is 1.91. The molecule has 0 atom stereocenters. The van der Waals surface area contributed by atoms with Crippen LogP contribution in [0.4, 0.5) is 11.5 Å². The first-order chi connectivity index (χ1) is 10.0. The third-order valence-corrected chi connectivity index (χ3v) is 3.66. The van der Waals surface area contributed by atoms with Crippen molar-refractivity contribution in [1.82, 2.24) is 9.38 Å². The highest BCUT2D eigenvalue weighted by molar-refractivity contribution is 6.35. The highest BCUT2D eigenvalue weighted by Crippen LogP contribution is 2.31. The number of fused-ring (bicyclic) bond motifs is 1. The van der Waals surface area contributed by atoms with Gasteiger partial charge >= 0.3 is 0 Å². The minimum Gasteiger partial charge on any atom is -0.281 e. The first-order valence-corrected chi connectivity index (χ1v) is 7.19. The zero-order valence-electron chi connectivity index (χ0n) is 10.9. The molecule has 106 valence electrons. The highest BCUT2D eigenvalue weighted by Gasteiger charge is 2.08. The normalized spacial score (nSPS) is 11.6. The molecule has 0 aliphatic rings. The number of pyridine rings is 1. The summed E-state index contributed by atoms with van der Waals surface area (Å²) in [5, 5.41) is 10.0. The molecule has 1 aromatic carbocycles. The first kappa shape index (κ1) is 14.3. The summed E-state index contributed by atoms with van der Waals surface area (Å²) in [5.41, 5.74) is 2.00. The van der Waals surface area contributed by atoms with Crippen LogP contribution in [0.25, 0.3) is 5.65 Å². The van der Waals surface area contributed by atoms with Crippen molar-refractivity contribution >= 4 is 52.0 Å². The van der Waals surface area contributed by atoms with Crippen molar-refractivity contribution in [2.45, 2.75) is 6.92 Å². The molecule has 7 heteroatoms. The van der Waals surface area contributed by atoms with E-state index in [1.807, 2.05) is 13.0 Å². The molecule has 0 radical (unpaired) electrons. The van der Waals surface area contributed by atoms with E-state index in [0.29, 0.717) is 26.6 Å². The zero-order valence-corrected chi connectivity index (χ0v) is 13.2. The molecule has 0 aliphatic heterocycles. The fourth-order valence-corrected chi connectivity index (χ4v) is 2.39. The van der Waals surface area contributed by atoms with Crippen molar-refractivity contribution < 1.29 is 0 Å². The molecule has 3 rings (SSSR count). The summed E-state index contributed by atoms with van der Waals surface area (Å²) >= 11 is 18.0. The molecular formula is C14H9Cl3N4. The summed E-state index contributed by atoms with van der Waals surface area (Å²) < 4.78 is 1.78. The number of hydrogen-bond donors (Lipinski definition) is 0. The molecular weight excluding hydrogens is 331 g/mol. The van der Waals surface area contributed by atoms with Gasteiger partial charge in [0.25, 0.3) is 0 Å². The van der Waals surface area contributed by atoms with Gasteiger partial charge in [0.2, 0.25) is 0 Å². The summed E-state index contributed by atoms with van der Waals surface area (Å²) in [5.74, 6) is 0.601. The predicted octanol–water partition coefficient (Wildman–Crippen LogP) is 6.02. The van der Waals surface area contributed by atoms with E-state index in [1.54, 1.807) is 34.9 Å². The topological polar surface area (TPSA) is 42.0 Å². The third-order valence-electron chi connectivity index (χ3n) is 2.89. The molecule has 4 nitrogen and oxygen atoms in total. The Hall–Kier alpha value is -1.62. The Kier molecular flexibility index (Phi) is 3.85. The maximum absolute atomic E-state index is 6.06. The Morgan fingerprint density at radius 2 is 1.76 bits per heavy atom. The lowest BCUT2D eigenvalue weighted by Crippen LogP contribution is -1.82. The number of aryl methyl sites for hydroxylation is 1. The lowest BCUT2D eigenvalue weighted by Gasteiger charge is -1.99. The number of hydrogen-bond acceptors (Lipinski definition) is 3. The van der Waals surface area contributed by atoms with Gasteiger partial charge in [0.1, 0.15) is 11.3 Å². The van der Waals surface area contributed by atoms with Crippen LogP contribution in [-0.4, -0.2) is 9.38 Å². The van der Waals surface area contributed by atoms with Crippen molar-refractivity contribution in [3.63, 3.8) is 0 Å². The van der Waals surface area contributed by atoms with Gasteiger partial charge < -0.3 is 0 Å². The summed E-state index contributed by atoms with van der Waals surface area (Å²) in [6, 6.07) is 8.62. The van der Waals surface area contributed by atoms with Gasteiger partial charge in [-0.1, -0.05) is 34.8 Å². The van der Waals surface area contributed by atoms with Crippen LogP contribution in [0.15, 0.2) is 46.8 Å². The number of rotatable bonds is 2. The Balaban J connectivity index is 2.09. The van der Waals surface area contributed by atoms with Crippen LogP contribution in [-0.2, 0) is 0 Å². The Labute approximate surface area is 136 Å². The summed E-state index contributed by atoms with van der Waals surface area (Å²) in [4.78, 5) is 4.40. The van der Waals surface area contributed by atoms with Crippen molar-refractivity contribution in [1.29, 1.82) is 0 Å². The van der Waals surface area contributed by atoms with Crippen LogP contribution < -0.4 is 0 Å². The molecule has 0 saturated heterocycles. The first-order valence-electron chi connectivity index (χ1n) is 6.05. The monoisotopic (exact) mass is 338 g/mol. The molecule has 0 fully saturated rings. The van der Waals surface area contributed by atoms with E-state index < -0.39 is 0 Å². The van der Waals surface area contributed by atoms with Crippen LogP contribution in [0.3, 0.4) is 0 Å². The van der Waals surface area contributed by atoms with Crippen molar-refractivity contribution in [2.24, 2.45) is 10.2 Å². The maximum Gasteiger partial charge on any atom is 0.182 e. The van der Waals surface area contributed by atoms with Gasteiger partial charge in [-0.3, -0.25) is 4.40 Å². The smallest absolute Gasteiger partial charge is 0.182 e. The predicted molar refractivity (Wildman–Crippen MR) is 85.6 cm³/mol. The molecule has 0 unspecified atom stereocenters. The molecule has 21 heavy (non-hydrogen) atoms. The van der Waals surface area contributed by atoms with Crippen molar-refractivity contribution in [2.75, 3.05) is 0 Å².